The molecule has 2 amide bonds. The predicted molar refractivity (Wildman–Crippen MR) is 122 cm³/mol. The summed E-state index contributed by atoms with van der Waals surface area (Å²) in [6, 6.07) is 7.59. The molecule has 4 rings (SSSR count). The zero-order chi connectivity index (χ0) is 23.2. The monoisotopic (exact) mass is 476 g/mol. The molecule has 1 saturated heterocycles. The SMILES string of the molecule is COCC(=O)N(CC(=O)N1CCc2sccc2[C@@H]1COc1ccc(F)cc1)C[C@@H]1CCCO1. The molecule has 2 atom stereocenters. The lowest BCUT2D eigenvalue weighted by atomic mass is 10.0. The summed E-state index contributed by atoms with van der Waals surface area (Å²) in [5.74, 6) is -0.152. The molecule has 2 aromatic rings. The maximum atomic E-state index is 13.4. The molecule has 0 radical (unpaired) electrons. The number of rotatable bonds is 9. The minimum Gasteiger partial charge on any atom is -0.491 e. The van der Waals surface area contributed by atoms with Crippen LogP contribution in [0.4, 0.5) is 4.39 Å². The number of fused-ring (bicyclic) bond motifs is 1. The topological polar surface area (TPSA) is 68.3 Å². The maximum absolute atomic E-state index is 13.4. The molecule has 1 aromatic carbocycles. The van der Waals surface area contributed by atoms with Gasteiger partial charge >= 0.3 is 0 Å². The summed E-state index contributed by atoms with van der Waals surface area (Å²) >= 11 is 1.67. The Balaban J connectivity index is 1.48. The van der Waals surface area contributed by atoms with Gasteiger partial charge < -0.3 is 24.0 Å². The summed E-state index contributed by atoms with van der Waals surface area (Å²) in [6.45, 7) is 1.75. The molecule has 0 N–H and O–H groups in total. The first kappa shape index (κ1) is 23.7. The molecule has 7 nitrogen and oxygen atoms in total. The third kappa shape index (κ3) is 5.90. The van der Waals surface area contributed by atoms with Crippen molar-refractivity contribution in [1.29, 1.82) is 0 Å². The van der Waals surface area contributed by atoms with Crippen LogP contribution in [0, 0.1) is 5.82 Å². The summed E-state index contributed by atoms with van der Waals surface area (Å²) in [6.07, 6.45) is 2.55. The molecule has 1 fully saturated rings. The van der Waals surface area contributed by atoms with Gasteiger partial charge in [0.15, 0.2) is 0 Å². The van der Waals surface area contributed by atoms with Gasteiger partial charge in [0.05, 0.1) is 18.7 Å². The van der Waals surface area contributed by atoms with Crippen molar-refractivity contribution < 1.29 is 28.2 Å². The smallest absolute Gasteiger partial charge is 0.249 e. The van der Waals surface area contributed by atoms with E-state index in [9.17, 15) is 14.0 Å². The first-order valence-electron chi connectivity index (χ1n) is 11.2. The van der Waals surface area contributed by atoms with Crippen molar-refractivity contribution in [2.75, 3.05) is 46.6 Å². The normalized spacial score (nSPS) is 19.9. The van der Waals surface area contributed by atoms with Crippen molar-refractivity contribution in [3.8, 4) is 5.75 Å². The third-order valence-electron chi connectivity index (χ3n) is 6.03. The predicted octanol–water partition coefficient (Wildman–Crippen LogP) is 3.05. The van der Waals surface area contributed by atoms with Crippen molar-refractivity contribution in [3.63, 3.8) is 0 Å². The standard InChI is InChI=1S/C24H29FN2O5S/c1-30-16-24(29)26(13-19-3-2-11-31-19)14-23(28)27-10-8-22-20(9-12-33-22)21(27)15-32-18-6-4-17(25)5-7-18/h4-7,9,12,19,21H,2-3,8,10-11,13-16H2,1H3/t19-,21-/m0/s1. The van der Waals surface area contributed by atoms with Gasteiger partial charge in [0.2, 0.25) is 11.8 Å². The molecule has 9 heteroatoms. The number of carbonyl (C=O) groups is 2. The number of nitrogens with zero attached hydrogens (tertiary/aromatic N) is 2. The molecule has 0 unspecified atom stereocenters. The Kier molecular flexibility index (Phi) is 7.95. The first-order valence-corrected chi connectivity index (χ1v) is 12.1. The average molecular weight is 477 g/mol. The van der Waals surface area contributed by atoms with Gasteiger partial charge in [-0.2, -0.15) is 0 Å². The molecule has 33 heavy (non-hydrogen) atoms. The molecule has 2 aliphatic rings. The van der Waals surface area contributed by atoms with E-state index in [1.807, 2.05) is 11.4 Å². The van der Waals surface area contributed by atoms with Crippen LogP contribution in [0.2, 0.25) is 0 Å². The van der Waals surface area contributed by atoms with Gasteiger partial charge in [0, 0.05) is 31.7 Å². The van der Waals surface area contributed by atoms with Gasteiger partial charge in [0.25, 0.3) is 0 Å². The lowest BCUT2D eigenvalue weighted by Crippen LogP contribution is -2.49. The molecular formula is C24H29FN2O5S. The highest BCUT2D eigenvalue weighted by Gasteiger charge is 2.34. The fraction of sp³-hybridized carbons (Fsp3) is 0.500. The van der Waals surface area contributed by atoms with Crippen molar-refractivity contribution in [1.82, 2.24) is 9.80 Å². The summed E-state index contributed by atoms with van der Waals surface area (Å²) in [7, 11) is 1.47. The van der Waals surface area contributed by atoms with Crippen molar-refractivity contribution in [2.24, 2.45) is 0 Å². The van der Waals surface area contributed by atoms with Crippen LogP contribution in [0.3, 0.4) is 0 Å². The second-order valence-electron chi connectivity index (χ2n) is 8.26. The second kappa shape index (κ2) is 11.1. The number of hydrogen-bond donors (Lipinski definition) is 0. The van der Waals surface area contributed by atoms with Crippen LogP contribution in [-0.4, -0.2) is 74.3 Å². The fourth-order valence-corrected chi connectivity index (χ4v) is 5.27. The van der Waals surface area contributed by atoms with Crippen LogP contribution < -0.4 is 4.74 Å². The van der Waals surface area contributed by atoms with E-state index in [0.29, 0.717) is 25.4 Å². The number of hydrogen-bond acceptors (Lipinski definition) is 6. The van der Waals surface area contributed by atoms with Crippen LogP contribution in [0.5, 0.6) is 5.75 Å². The van der Waals surface area contributed by atoms with E-state index in [4.69, 9.17) is 14.2 Å². The lowest BCUT2D eigenvalue weighted by molar-refractivity contribution is -0.145. The quantitative estimate of drug-likeness (QED) is 0.557. The highest BCUT2D eigenvalue weighted by Crippen LogP contribution is 2.34. The van der Waals surface area contributed by atoms with E-state index in [2.05, 4.69) is 0 Å². The number of benzene rings is 1. The van der Waals surface area contributed by atoms with Crippen LogP contribution >= 0.6 is 11.3 Å². The molecule has 178 valence electrons. The molecular weight excluding hydrogens is 447 g/mol. The minimum absolute atomic E-state index is 0.0332. The molecule has 1 aromatic heterocycles. The van der Waals surface area contributed by atoms with Gasteiger partial charge in [-0.25, -0.2) is 4.39 Å². The molecule has 2 aliphatic heterocycles. The number of carbonyl (C=O) groups excluding carboxylic acids is 2. The number of amides is 2. The van der Waals surface area contributed by atoms with Gasteiger partial charge in [-0.05, 0) is 60.5 Å². The van der Waals surface area contributed by atoms with Crippen LogP contribution in [0.1, 0.15) is 29.3 Å². The summed E-state index contributed by atoms with van der Waals surface area (Å²) < 4.78 is 29.9. The summed E-state index contributed by atoms with van der Waals surface area (Å²) in [4.78, 5) is 30.7. The van der Waals surface area contributed by atoms with E-state index in [1.54, 1.807) is 33.3 Å². The molecule has 0 aliphatic carbocycles. The summed E-state index contributed by atoms with van der Waals surface area (Å²) in [5, 5.41) is 2.02. The minimum atomic E-state index is -0.330. The highest BCUT2D eigenvalue weighted by atomic mass is 32.1. The average Bonchev–Trinajstić information content (AvgIpc) is 3.50. The summed E-state index contributed by atoms with van der Waals surface area (Å²) in [5.41, 5.74) is 1.07. The molecule has 3 heterocycles. The van der Waals surface area contributed by atoms with Crippen molar-refractivity contribution >= 4 is 23.2 Å². The Hall–Kier alpha value is -2.49. The van der Waals surface area contributed by atoms with Gasteiger partial charge in [-0.1, -0.05) is 0 Å². The third-order valence-corrected chi connectivity index (χ3v) is 7.03. The zero-order valence-electron chi connectivity index (χ0n) is 18.7. The Morgan fingerprint density at radius 3 is 2.82 bits per heavy atom. The van der Waals surface area contributed by atoms with Gasteiger partial charge in [0.1, 0.15) is 24.8 Å². The number of methoxy groups -OCH3 is 1. The Morgan fingerprint density at radius 2 is 2.09 bits per heavy atom. The van der Waals surface area contributed by atoms with Crippen LogP contribution in [0.15, 0.2) is 35.7 Å². The number of thiophene rings is 1. The van der Waals surface area contributed by atoms with E-state index < -0.39 is 0 Å². The van der Waals surface area contributed by atoms with Crippen molar-refractivity contribution in [3.05, 3.63) is 52.0 Å². The maximum Gasteiger partial charge on any atom is 0.249 e. The molecule has 0 spiro atoms. The van der Waals surface area contributed by atoms with E-state index in [0.717, 1.165) is 24.8 Å². The molecule has 0 bridgehead atoms. The van der Waals surface area contributed by atoms with Gasteiger partial charge in [-0.3, -0.25) is 9.59 Å². The zero-order valence-corrected chi connectivity index (χ0v) is 19.5. The largest absolute Gasteiger partial charge is 0.491 e. The van der Waals surface area contributed by atoms with E-state index in [1.165, 1.54) is 24.1 Å². The van der Waals surface area contributed by atoms with Crippen molar-refractivity contribution in [2.45, 2.75) is 31.4 Å². The Bertz CT molecular complexity index is 945. The Labute approximate surface area is 197 Å². The van der Waals surface area contributed by atoms with E-state index in [-0.39, 0.29) is 49.5 Å². The van der Waals surface area contributed by atoms with Gasteiger partial charge in [-0.15, -0.1) is 11.3 Å². The molecule has 0 saturated carbocycles. The van der Waals surface area contributed by atoms with Crippen LogP contribution in [0.25, 0.3) is 0 Å². The second-order valence-corrected chi connectivity index (χ2v) is 9.26. The first-order chi connectivity index (χ1) is 16.0. The number of halogens is 1. The number of ether oxygens (including phenoxy) is 3. The lowest BCUT2D eigenvalue weighted by Gasteiger charge is -2.37. The Morgan fingerprint density at radius 1 is 1.27 bits per heavy atom. The fourth-order valence-electron chi connectivity index (χ4n) is 4.34. The van der Waals surface area contributed by atoms with E-state index >= 15 is 0 Å². The van der Waals surface area contributed by atoms with Crippen LogP contribution in [-0.2, 0) is 25.5 Å². The highest BCUT2D eigenvalue weighted by molar-refractivity contribution is 7.10.